The fourth-order valence-corrected chi connectivity index (χ4v) is 3.31. The first kappa shape index (κ1) is 13.9. The smallest absolute Gasteiger partial charge is 0.365 e. The summed E-state index contributed by atoms with van der Waals surface area (Å²) in [7, 11) is 0. The minimum Gasteiger partial charge on any atom is -0.365 e. The third-order valence-corrected chi connectivity index (χ3v) is 4.25. The van der Waals surface area contributed by atoms with Crippen molar-refractivity contribution in [3.63, 3.8) is 0 Å². The van der Waals surface area contributed by atoms with E-state index in [1.807, 2.05) is 0 Å². The average molecular weight is 307 g/mol. The lowest BCUT2D eigenvalue weighted by Crippen LogP contribution is -2.23. The van der Waals surface area contributed by atoms with Crippen LogP contribution in [0.1, 0.15) is 18.4 Å². The molecule has 1 aromatic rings. The molecule has 1 aliphatic carbocycles. The molecule has 2 fully saturated rings. The van der Waals surface area contributed by atoms with Gasteiger partial charge in [0.2, 0.25) is 0 Å². The number of fused-ring (bicyclic) bond motifs is 1. The van der Waals surface area contributed by atoms with E-state index in [0.717, 1.165) is 32.0 Å². The van der Waals surface area contributed by atoms with E-state index in [0.29, 0.717) is 11.8 Å². The molecule has 1 aliphatic heterocycles. The van der Waals surface area contributed by atoms with Crippen molar-refractivity contribution >= 4 is 17.4 Å². The zero-order valence-electron chi connectivity index (χ0n) is 10.5. The number of aromatic nitrogens is 2. The second kappa shape index (κ2) is 5.04. The molecule has 0 aromatic carbocycles. The van der Waals surface area contributed by atoms with Crippen LogP contribution >= 0.6 is 11.6 Å². The third kappa shape index (κ3) is 2.69. The zero-order valence-corrected chi connectivity index (χ0v) is 11.3. The minimum absolute atomic E-state index is 0.0173. The number of hydrogen-bond acceptors (Lipinski definition) is 4. The van der Waals surface area contributed by atoms with Crippen LogP contribution in [0, 0.1) is 11.8 Å². The SMILES string of the molecule is FC(F)(F)c1cc(Cl)nnc1N[C@@H]1C[C@H]2CNC[C@H]2C1. The fourth-order valence-electron chi connectivity index (χ4n) is 3.17. The summed E-state index contributed by atoms with van der Waals surface area (Å²) in [6, 6.07) is 0.831. The monoisotopic (exact) mass is 306 g/mol. The highest BCUT2D eigenvalue weighted by Gasteiger charge is 2.40. The van der Waals surface area contributed by atoms with E-state index in [9.17, 15) is 13.2 Å². The fraction of sp³-hybridized carbons (Fsp3) is 0.667. The molecule has 2 heterocycles. The minimum atomic E-state index is -4.49. The third-order valence-electron chi connectivity index (χ3n) is 4.06. The Labute approximate surface area is 119 Å². The van der Waals surface area contributed by atoms with Gasteiger partial charge in [0.05, 0.1) is 0 Å². The van der Waals surface area contributed by atoms with Crippen molar-refractivity contribution in [2.24, 2.45) is 11.8 Å². The molecule has 3 rings (SSSR count). The number of hydrogen-bond donors (Lipinski definition) is 2. The summed E-state index contributed by atoms with van der Waals surface area (Å²) < 4.78 is 38.9. The van der Waals surface area contributed by atoms with Gasteiger partial charge < -0.3 is 10.6 Å². The van der Waals surface area contributed by atoms with Crippen molar-refractivity contribution < 1.29 is 13.2 Å². The molecule has 0 unspecified atom stereocenters. The second-order valence-corrected chi connectivity index (χ2v) is 5.81. The first-order valence-electron chi connectivity index (χ1n) is 6.51. The highest BCUT2D eigenvalue weighted by atomic mass is 35.5. The Balaban J connectivity index is 1.78. The van der Waals surface area contributed by atoms with E-state index < -0.39 is 11.7 Å². The molecule has 3 atom stereocenters. The average Bonchev–Trinajstić information content (AvgIpc) is 2.90. The Kier molecular flexibility index (Phi) is 3.50. The highest BCUT2D eigenvalue weighted by Crippen LogP contribution is 2.39. The molecule has 1 aromatic heterocycles. The van der Waals surface area contributed by atoms with E-state index in [4.69, 9.17) is 11.6 Å². The molecule has 8 heteroatoms. The van der Waals surface area contributed by atoms with Gasteiger partial charge in [0.15, 0.2) is 11.0 Å². The molecular formula is C12H14ClF3N4. The molecular weight excluding hydrogens is 293 g/mol. The predicted octanol–water partition coefficient (Wildman–Crippen LogP) is 2.56. The van der Waals surface area contributed by atoms with Crippen LogP contribution < -0.4 is 10.6 Å². The van der Waals surface area contributed by atoms with E-state index >= 15 is 0 Å². The van der Waals surface area contributed by atoms with Gasteiger partial charge in [-0.15, -0.1) is 10.2 Å². The predicted molar refractivity (Wildman–Crippen MR) is 68.5 cm³/mol. The molecule has 110 valence electrons. The van der Waals surface area contributed by atoms with Crippen LogP contribution in [-0.4, -0.2) is 29.3 Å². The summed E-state index contributed by atoms with van der Waals surface area (Å²) in [6.07, 6.45) is -2.77. The van der Waals surface area contributed by atoms with Gasteiger partial charge in [-0.1, -0.05) is 11.6 Å². The van der Waals surface area contributed by atoms with Gasteiger partial charge in [-0.05, 0) is 43.8 Å². The van der Waals surface area contributed by atoms with Crippen LogP contribution in [0.15, 0.2) is 6.07 Å². The second-order valence-electron chi connectivity index (χ2n) is 5.42. The number of anilines is 1. The first-order valence-corrected chi connectivity index (χ1v) is 6.89. The lowest BCUT2D eigenvalue weighted by molar-refractivity contribution is -0.137. The van der Waals surface area contributed by atoms with Crippen molar-refractivity contribution in [1.29, 1.82) is 0 Å². The van der Waals surface area contributed by atoms with Crippen LogP contribution in [0.5, 0.6) is 0 Å². The largest absolute Gasteiger partial charge is 0.420 e. The van der Waals surface area contributed by atoms with Crippen LogP contribution in [0.2, 0.25) is 5.15 Å². The summed E-state index contributed by atoms with van der Waals surface area (Å²) in [5.74, 6) is 0.865. The Morgan fingerprint density at radius 3 is 2.45 bits per heavy atom. The van der Waals surface area contributed by atoms with Gasteiger partial charge in [0, 0.05) is 6.04 Å². The summed E-state index contributed by atoms with van der Waals surface area (Å²) in [6.45, 7) is 1.89. The van der Waals surface area contributed by atoms with Crippen LogP contribution in [0.3, 0.4) is 0 Å². The summed E-state index contributed by atoms with van der Waals surface area (Å²) in [5, 5.41) is 13.0. The molecule has 2 N–H and O–H groups in total. The van der Waals surface area contributed by atoms with Crippen LogP contribution in [-0.2, 0) is 6.18 Å². The lowest BCUT2D eigenvalue weighted by Gasteiger charge is -2.18. The standard InChI is InChI=1S/C12H14ClF3N4/c13-10-3-9(12(14,15)16)11(20-19-10)18-8-1-6-4-17-5-7(6)2-8/h3,6-8,17H,1-2,4-5H2,(H,18,20)/t6-,7+,8+. The van der Waals surface area contributed by atoms with Crippen LogP contribution in [0.25, 0.3) is 0 Å². The Morgan fingerprint density at radius 1 is 1.20 bits per heavy atom. The highest BCUT2D eigenvalue weighted by molar-refractivity contribution is 6.29. The van der Waals surface area contributed by atoms with Gasteiger partial charge in [-0.2, -0.15) is 13.2 Å². The maximum Gasteiger partial charge on any atom is 0.420 e. The van der Waals surface area contributed by atoms with E-state index in [-0.39, 0.29) is 17.0 Å². The molecule has 20 heavy (non-hydrogen) atoms. The Bertz CT molecular complexity index is 496. The molecule has 2 aliphatic rings. The molecule has 1 saturated heterocycles. The number of halogens is 4. The Hall–Kier alpha value is -1.08. The van der Waals surface area contributed by atoms with E-state index in [1.165, 1.54) is 0 Å². The van der Waals surface area contributed by atoms with Crippen LogP contribution in [0.4, 0.5) is 19.0 Å². The van der Waals surface area contributed by atoms with E-state index in [1.54, 1.807) is 0 Å². The first-order chi connectivity index (χ1) is 9.43. The normalized spacial score (nSPS) is 29.5. The maximum absolute atomic E-state index is 13.0. The van der Waals surface area contributed by atoms with Crippen molar-refractivity contribution in [2.45, 2.75) is 25.1 Å². The lowest BCUT2D eigenvalue weighted by atomic mass is 10.0. The molecule has 0 bridgehead atoms. The number of nitrogens with zero attached hydrogens (tertiary/aromatic N) is 2. The van der Waals surface area contributed by atoms with Crippen molar-refractivity contribution in [3.8, 4) is 0 Å². The molecule has 0 amide bonds. The molecule has 0 spiro atoms. The molecule has 0 radical (unpaired) electrons. The zero-order chi connectivity index (χ0) is 14.3. The van der Waals surface area contributed by atoms with Gasteiger partial charge in [0.25, 0.3) is 0 Å². The molecule has 4 nitrogen and oxygen atoms in total. The van der Waals surface area contributed by atoms with E-state index in [2.05, 4.69) is 20.8 Å². The maximum atomic E-state index is 13.0. The van der Waals surface area contributed by atoms with Crippen molar-refractivity contribution in [1.82, 2.24) is 15.5 Å². The van der Waals surface area contributed by atoms with Crippen molar-refractivity contribution in [3.05, 3.63) is 16.8 Å². The van der Waals surface area contributed by atoms with Gasteiger partial charge in [0.1, 0.15) is 5.56 Å². The number of nitrogens with one attached hydrogen (secondary N) is 2. The summed E-state index contributed by atoms with van der Waals surface area (Å²) in [5.41, 5.74) is -0.854. The van der Waals surface area contributed by atoms with Crippen molar-refractivity contribution in [2.75, 3.05) is 18.4 Å². The number of rotatable bonds is 2. The topological polar surface area (TPSA) is 49.8 Å². The summed E-state index contributed by atoms with van der Waals surface area (Å²) >= 11 is 5.51. The quantitative estimate of drug-likeness (QED) is 0.882. The summed E-state index contributed by atoms with van der Waals surface area (Å²) in [4.78, 5) is 0. The Morgan fingerprint density at radius 2 is 1.85 bits per heavy atom. The van der Waals surface area contributed by atoms with Gasteiger partial charge in [-0.25, -0.2) is 0 Å². The molecule has 1 saturated carbocycles. The number of alkyl halides is 3. The van der Waals surface area contributed by atoms with Gasteiger partial charge >= 0.3 is 6.18 Å². The van der Waals surface area contributed by atoms with Gasteiger partial charge in [-0.3, -0.25) is 0 Å².